The number of benzene rings is 3. The number of carbonyl (C=O) groups is 1. The molecule has 1 N–H and O–H groups in total. The molecule has 0 aliphatic carbocycles. The van der Waals surface area contributed by atoms with Crippen LogP contribution in [0.1, 0.15) is 10.4 Å². The normalized spacial score (nSPS) is 10.4. The van der Waals surface area contributed by atoms with Crippen LogP contribution in [0.15, 0.2) is 79.1 Å². The van der Waals surface area contributed by atoms with E-state index in [1.165, 1.54) is 24.3 Å². The Bertz CT molecular complexity index is 1240. The Morgan fingerprint density at radius 2 is 1.48 bits per heavy atom. The lowest BCUT2D eigenvalue weighted by Gasteiger charge is -2.11. The quantitative estimate of drug-likeness (QED) is 0.413. The molecule has 33 heavy (non-hydrogen) atoms. The van der Waals surface area contributed by atoms with E-state index in [1.807, 2.05) is 6.07 Å². The highest BCUT2D eigenvalue weighted by atomic mass is 19.1. The van der Waals surface area contributed by atoms with Gasteiger partial charge >= 0.3 is 6.01 Å². The van der Waals surface area contributed by atoms with E-state index in [9.17, 15) is 9.18 Å². The van der Waals surface area contributed by atoms with E-state index >= 15 is 0 Å². The van der Waals surface area contributed by atoms with Crippen molar-refractivity contribution in [2.75, 3.05) is 19.5 Å². The number of nitrogens with one attached hydrogen (secondary N) is 1. The molecule has 1 heterocycles. The van der Waals surface area contributed by atoms with Crippen LogP contribution in [0.25, 0.3) is 11.1 Å². The summed E-state index contributed by atoms with van der Waals surface area (Å²) in [4.78, 5) is 21.2. The molecule has 0 aliphatic heterocycles. The average Bonchev–Trinajstić information content (AvgIpc) is 2.85. The second kappa shape index (κ2) is 9.78. The van der Waals surface area contributed by atoms with Crippen molar-refractivity contribution in [2.45, 2.75) is 0 Å². The third kappa shape index (κ3) is 5.43. The molecule has 166 valence electrons. The van der Waals surface area contributed by atoms with Crippen LogP contribution in [0.3, 0.4) is 0 Å². The standard InChI is InChI=1S/C25H20FN3O4/c1-31-22-11-20(12-23(13-22)32-2)29-24(30)17-5-3-4-16(10-17)18-14-27-25(28-15-18)33-21-8-6-19(26)7-9-21/h3-15H,1-2H3,(H,29,30). The minimum atomic E-state index is -0.354. The molecule has 0 bridgehead atoms. The van der Waals surface area contributed by atoms with Gasteiger partial charge < -0.3 is 19.5 Å². The lowest BCUT2D eigenvalue weighted by Crippen LogP contribution is -2.12. The number of halogens is 1. The number of aromatic nitrogens is 2. The predicted octanol–water partition coefficient (Wildman–Crippen LogP) is 5.34. The summed E-state index contributed by atoms with van der Waals surface area (Å²) in [5.41, 5.74) is 2.48. The Balaban J connectivity index is 1.49. The van der Waals surface area contributed by atoms with Crippen LogP contribution in [0.4, 0.5) is 10.1 Å². The number of hydrogen-bond donors (Lipinski definition) is 1. The molecule has 0 saturated carbocycles. The lowest BCUT2D eigenvalue weighted by molar-refractivity contribution is 0.102. The maximum absolute atomic E-state index is 13.0. The fraction of sp³-hybridized carbons (Fsp3) is 0.0800. The predicted molar refractivity (Wildman–Crippen MR) is 121 cm³/mol. The Kier molecular flexibility index (Phi) is 6.45. The molecular formula is C25H20FN3O4. The number of rotatable bonds is 7. The van der Waals surface area contributed by atoms with Crippen molar-refractivity contribution < 1.29 is 23.4 Å². The fourth-order valence-corrected chi connectivity index (χ4v) is 3.05. The zero-order valence-corrected chi connectivity index (χ0v) is 17.9. The van der Waals surface area contributed by atoms with Gasteiger partial charge in [-0.15, -0.1) is 0 Å². The van der Waals surface area contributed by atoms with Gasteiger partial charge in [0.05, 0.1) is 14.2 Å². The van der Waals surface area contributed by atoms with Gasteiger partial charge in [0.1, 0.15) is 23.1 Å². The van der Waals surface area contributed by atoms with E-state index in [1.54, 1.807) is 63.0 Å². The molecule has 0 fully saturated rings. The summed E-state index contributed by atoms with van der Waals surface area (Å²) in [7, 11) is 3.09. The van der Waals surface area contributed by atoms with Crippen molar-refractivity contribution in [3.8, 4) is 34.4 Å². The summed E-state index contributed by atoms with van der Waals surface area (Å²) in [6, 6.07) is 17.9. The summed E-state index contributed by atoms with van der Waals surface area (Å²) in [5, 5.41) is 2.85. The molecular weight excluding hydrogens is 425 g/mol. The third-order valence-corrected chi connectivity index (χ3v) is 4.72. The maximum Gasteiger partial charge on any atom is 0.321 e. The fourth-order valence-electron chi connectivity index (χ4n) is 3.05. The number of methoxy groups -OCH3 is 2. The second-order valence-electron chi connectivity index (χ2n) is 6.95. The van der Waals surface area contributed by atoms with Gasteiger partial charge in [0.2, 0.25) is 0 Å². The smallest absolute Gasteiger partial charge is 0.321 e. The van der Waals surface area contributed by atoms with Gasteiger partial charge in [-0.05, 0) is 42.0 Å². The first-order valence-electron chi connectivity index (χ1n) is 9.94. The molecule has 0 radical (unpaired) electrons. The van der Waals surface area contributed by atoms with Crippen molar-refractivity contribution in [3.05, 3.63) is 90.5 Å². The molecule has 0 spiro atoms. The monoisotopic (exact) mass is 445 g/mol. The molecule has 4 rings (SSSR count). The maximum atomic E-state index is 13.0. The van der Waals surface area contributed by atoms with E-state index in [0.29, 0.717) is 34.1 Å². The van der Waals surface area contributed by atoms with Crippen LogP contribution in [0, 0.1) is 5.82 Å². The van der Waals surface area contributed by atoms with Crippen molar-refractivity contribution in [2.24, 2.45) is 0 Å². The minimum absolute atomic E-state index is 0.131. The average molecular weight is 445 g/mol. The first-order chi connectivity index (χ1) is 16.0. The van der Waals surface area contributed by atoms with E-state index in [4.69, 9.17) is 14.2 Å². The molecule has 0 unspecified atom stereocenters. The number of hydrogen-bond acceptors (Lipinski definition) is 6. The Morgan fingerprint density at radius 1 is 0.818 bits per heavy atom. The number of nitrogens with zero attached hydrogens (tertiary/aromatic N) is 2. The number of amides is 1. The van der Waals surface area contributed by atoms with Crippen LogP contribution >= 0.6 is 0 Å². The first kappa shape index (κ1) is 21.8. The van der Waals surface area contributed by atoms with Gasteiger partial charge in [-0.1, -0.05) is 12.1 Å². The van der Waals surface area contributed by atoms with E-state index < -0.39 is 0 Å². The topological polar surface area (TPSA) is 82.6 Å². The molecule has 7 nitrogen and oxygen atoms in total. The summed E-state index contributed by atoms with van der Waals surface area (Å²) in [6.45, 7) is 0. The van der Waals surface area contributed by atoms with Gasteiger partial charge in [0.15, 0.2) is 0 Å². The molecule has 0 saturated heterocycles. The molecule has 0 aliphatic rings. The van der Waals surface area contributed by atoms with Gasteiger partial charge in [-0.3, -0.25) is 4.79 Å². The van der Waals surface area contributed by atoms with Gasteiger partial charge in [0, 0.05) is 47.4 Å². The number of ether oxygens (including phenoxy) is 3. The largest absolute Gasteiger partial charge is 0.497 e. The molecule has 1 amide bonds. The van der Waals surface area contributed by atoms with Gasteiger partial charge in [-0.2, -0.15) is 0 Å². The van der Waals surface area contributed by atoms with E-state index in [0.717, 1.165) is 5.56 Å². The van der Waals surface area contributed by atoms with Crippen LogP contribution < -0.4 is 19.5 Å². The number of carbonyl (C=O) groups excluding carboxylic acids is 1. The van der Waals surface area contributed by atoms with Gasteiger partial charge in [0.25, 0.3) is 5.91 Å². The SMILES string of the molecule is COc1cc(NC(=O)c2cccc(-c3cnc(Oc4ccc(F)cc4)nc3)c2)cc(OC)c1. The highest BCUT2D eigenvalue weighted by molar-refractivity contribution is 6.05. The molecule has 0 atom stereocenters. The first-order valence-corrected chi connectivity index (χ1v) is 9.94. The number of anilines is 1. The van der Waals surface area contributed by atoms with Crippen molar-refractivity contribution in [3.63, 3.8) is 0 Å². The Hall–Kier alpha value is -4.46. The second-order valence-corrected chi connectivity index (χ2v) is 6.95. The van der Waals surface area contributed by atoms with Crippen LogP contribution in [0.5, 0.6) is 23.3 Å². The molecule has 1 aromatic heterocycles. The van der Waals surface area contributed by atoms with Crippen LogP contribution in [-0.4, -0.2) is 30.1 Å². The molecule has 4 aromatic rings. The van der Waals surface area contributed by atoms with Gasteiger partial charge in [-0.25, -0.2) is 14.4 Å². The summed E-state index contributed by atoms with van der Waals surface area (Å²) < 4.78 is 29.0. The molecule has 8 heteroatoms. The van der Waals surface area contributed by atoms with Crippen molar-refractivity contribution >= 4 is 11.6 Å². The van der Waals surface area contributed by atoms with Crippen molar-refractivity contribution in [1.29, 1.82) is 0 Å². The molecule has 3 aromatic carbocycles. The third-order valence-electron chi connectivity index (χ3n) is 4.72. The zero-order chi connectivity index (χ0) is 23.2. The van der Waals surface area contributed by atoms with Crippen LogP contribution in [0.2, 0.25) is 0 Å². The van der Waals surface area contributed by atoms with Crippen LogP contribution in [-0.2, 0) is 0 Å². The van der Waals surface area contributed by atoms with E-state index in [2.05, 4.69) is 15.3 Å². The summed E-state index contributed by atoms with van der Waals surface area (Å²) in [5.74, 6) is 0.923. The van der Waals surface area contributed by atoms with Crippen molar-refractivity contribution in [1.82, 2.24) is 9.97 Å². The Morgan fingerprint density at radius 3 is 2.12 bits per heavy atom. The Labute approximate surface area is 189 Å². The summed E-state index contributed by atoms with van der Waals surface area (Å²) >= 11 is 0. The highest BCUT2D eigenvalue weighted by Crippen LogP contribution is 2.27. The van der Waals surface area contributed by atoms with E-state index in [-0.39, 0.29) is 17.7 Å². The lowest BCUT2D eigenvalue weighted by atomic mass is 10.1. The minimum Gasteiger partial charge on any atom is -0.497 e. The summed E-state index contributed by atoms with van der Waals surface area (Å²) in [6.07, 6.45) is 3.19. The zero-order valence-electron chi connectivity index (χ0n) is 17.9. The highest BCUT2D eigenvalue weighted by Gasteiger charge is 2.11.